The number of nitro groups is 1. The molecule has 0 aliphatic rings. The molecule has 2 rings (SSSR count). The highest BCUT2D eigenvalue weighted by Gasteiger charge is 2.24. The number of non-ortho nitro benzene ring substituents is 1. The van der Waals surface area contributed by atoms with Crippen LogP contribution in [0.2, 0.25) is 0 Å². The Balaban J connectivity index is 2.43. The Hall–Kier alpha value is -2.94. The summed E-state index contributed by atoms with van der Waals surface area (Å²) >= 11 is 0. The van der Waals surface area contributed by atoms with Gasteiger partial charge in [0.05, 0.1) is 11.5 Å². The van der Waals surface area contributed by atoms with Crippen LogP contribution in [0.4, 0.5) is 5.69 Å². The van der Waals surface area contributed by atoms with E-state index >= 15 is 0 Å². The van der Waals surface area contributed by atoms with Crippen molar-refractivity contribution in [1.29, 1.82) is 0 Å². The summed E-state index contributed by atoms with van der Waals surface area (Å²) in [7, 11) is -4.22. The normalized spacial score (nSPS) is 11.0. The van der Waals surface area contributed by atoms with E-state index in [1.165, 1.54) is 12.1 Å². The molecule has 0 heterocycles. The first-order valence-electron chi connectivity index (χ1n) is 7.77. The zero-order chi connectivity index (χ0) is 19.3. The molecule has 0 spiro atoms. The topological polar surface area (TPSA) is 113 Å². The first kappa shape index (κ1) is 19.4. The molecule has 0 saturated carbocycles. The maximum absolute atomic E-state index is 12.4. The third-order valence-electron chi connectivity index (χ3n) is 3.49. The quantitative estimate of drug-likeness (QED) is 0.314. The Morgan fingerprint density at radius 1 is 1.12 bits per heavy atom. The summed E-state index contributed by atoms with van der Waals surface area (Å²) in [5.74, 6) is -1.25. The number of carbonyl (C=O) groups is 1. The molecule has 0 unspecified atom stereocenters. The molecule has 0 saturated heterocycles. The molecular formula is C17H17NO7S. The van der Waals surface area contributed by atoms with Crippen LogP contribution in [0.3, 0.4) is 0 Å². The van der Waals surface area contributed by atoms with Gasteiger partial charge in [-0.25, -0.2) is 4.79 Å². The second kappa shape index (κ2) is 7.96. The van der Waals surface area contributed by atoms with Gasteiger partial charge in [0.1, 0.15) is 10.5 Å². The maximum Gasteiger partial charge on any atom is 0.342 e. The molecule has 0 radical (unpaired) electrons. The van der Waals surface area contributed by atoms with Crippen molar-refractivity contribution in [2.24, 2.45) is 0 Å². The van der Waals surface area contributed by atoms with E-state index < -0.39 is 21.0 Å². The fraction of sp³-hybridized carbons (Fsp3) is 0.235. The molecule has 8 nitrogen and oxygen atoms in total. The second-order valence-electron chi connectivity index (χ2n) is 5.19. The van der Waals surface area contributed by atoms with Gasteiger partial charge in [-0.1, -0.05) is 19.1 Å². The van der Waals surface area contributed by atoms with Gasteiger partial charge < -0.3 is 8.92 Å². The summed E-state index contributed by atoms with van der Waals surface area (Å²) in [6.45, 7) is 3.51. The van der Waals surface area contributed by atoms with Crippen molar-refractivity contribution in [3.8, 4) is 5.75 Å². The van der Waals surface area contributed by atoms with Crippen molar-refractivity contribution in [2.45, 2.75) is 25.2 Å². The molecule has 0 amide bonds. The molecule has 2 aromatic carbocycles. The van der Waals surface area contributed by atoms with E-state index in [1.807, 2.05) is 6.92 Å². The Kier molecular flexibility index (Phi) is 5.93. The van der Waals surface area contributed by atoms with Crippen LogP contribution < -0.4 is 4.18 Å². The monoisotopic (exact) mass is 379 g/mol. The lowest BCUT2D eigenvalue weighted by Gasteiger charge is -2.11. The van der Waals surface area contributed by atoms with Crippen molar-refractivity contribution in [2.75, 3.05) is 6.61 Å². The van der Waals surface area contributed by atoms with Crippen molar-refractivity contribution in [1.82, 2.24) is 0 Å². The van der Waals surface area contributed by atoms with E-state index in [0.717, 1.165) is 30.2 Å². The lowest BCUT2D eigenvalue weighted by atomic mass is 10.2. The van der Waals surface area contributed by atoms with E-state index in [1.54, 1.807) is 19.1 Å². The van der Waals surface area contributed by atoms with Crippen LogP contribution in [0.1, 0.15) is 29.8 Å². The van der Waals surface area contributed by atoms with E-state index in [9.17, 15) is 23.3 Å². The summed E-state index contributed by atoms with van der Waals surface area (Å²) in [6, 6.07) is 9.11. The molecule has 26 heavy (non-hydrogen) atoms. The third-order valence-corrected chi connectivity index (χ3v) is 4.74. The number of ether oxygens (including phenoxy) is 1. The van der Waals surface area contributed by atoms with Crippen molar-refractivity contribution in [3.63, 3.8) is 0 Å². The molecular weight excluding hydrogens is 362 g/mol. The number of carbonyl (C=O) groups excluding carboxylic acids is 1. The van der Waals surface area contributed by atoms with E-state index in [-0.39, 0.29) is 28.5 Å². The third kappa shape index (κ3) is 4.37. The predicted octanol–water partition coefficient (Wildman–Crippen LogP) is 3.10. The summed E-state index contributed by atoms with van der Waals surface area (Å²) in [5, 5.41) is 10.9. The number of aryl methyl sites for hydroxylation is 1. The number of nitro benzene ring substituents is 1. The largest absolute Gasteiger partial charge is 0.462 e. The summed E-state index contributed by atoms with van der Waals surface area (Å²) in [5.41, 5.74) is 0.228. The van der Waals surface area contributed by atoms with Gasteiger partial charge in [0.25, 0.3) is 5.69 Å². The first-order chi connectivity index (χ1) is 12.3. The van der Waals surface area contributed by atoms with E-state index in [2.05, 4.69) is 0 Å². The molecule has 0 N–H and O–H groups in total. The molecule has 0 atom stereocenters. The number of benzene rings is 2. The average Bonchev–Trinajstić information content (AvgIpc) is 2.61. The highest BCUT2D eigenvalue weighted by atomic mass is 32.2. The first-order valence-corrected chi connectivity index (χ1v) is 9.18. The zero-order valence-corrected chi connectivity index (χ0v) is 15.0. The van der Waals surface area contributed by atoms with Gasteiger partial charge in [-0.2, -0.15) is 8.42 Å². The minimum absolute atomic E-state index is 0.0200. The van der Waals surface area contributed by atoms with Crippen molar-refractivity contribution < 1.29 is 27.1 Å². The highest BCUT2D eigenvalue weighted by Crippen LogP contribution is 2.28. The number of hydrogen-bond donors (Lipinski definition) is 0. The zero-order valence-electron chi connectivity index (χ0n) is 14.2. The van der Waals surface area contributed by atoms with Gasteiger partial charge in [-0.3, -0.25) is 10.1 Å². The Morgan fingerprint density at radius 2 is 1.77 bits per heavy atom. The van der Waals surface area contributed by atoms with Crippen LogP contribution in [0.25, 0.3) is 0 Å². The minimum atomic E-state index is -4.22. The molecule has 9 heteroatoms. The molecule has 0 fully saturated rings. The smallest absolute Gasteiger partial charge is 0.342 e. The van der Waals surface area contributed by atoms with E-state index in [4.69, 9.17) is 8.92 Å². The molecule has 0 aliphatic heterocycles. The van der Waals surface area contributed by atoms with Gasteiger partial charge in [0.2, 0.25) is 0 Å². The summed E-state index contributed by atoms with van der Waals surface area (Å²) < 4.78 is 34.7. The number of nitrogens with zero attached hydrogens (tertiary/aromatic N) is 1. The SMILES string of the molecule is CCOC(=O)c1cc([N+](=O)[O-])ccc1OS(=O)(=O)c1ccc(CC)cc1. The number of esters is 1. The Bertz CT molecular complexity index is 921. The second-order valence-corrected chi connectivity index (χ2v) is 6.74. The van der Waals surface area contributed by atoms with E-state index in [0.29, 0.717) is 0 Å². The number of hydrogen-bond acceptors (Lipinski definition) is 7. The average molecular weight is 379 g/mol. The highest BCUT2D eigenvalue weighted by molar-refractivity contribution is 7.87. The van der Waals surface area contributed by atoms with Crippen LogP contribution in [-0.4, -0.2) is 25.9 Å². The fourth-order valence-electron chi connectivity index (χ4n) is 2.13. The van der Waals surface area contributed by atoms with Crippen molar-refractivity contribution >= 4 is 21.8 Å². The van der Waals surface area contributed by atoms with Gasteiger partial charge in [0.15, 0.2) is 5.75 Å². The maximum atomic E-state index is 12.4. The molecule has 0 aliphatic carbocycles. The lowest BCUT2D eigenvalue weighted by Crippen LogP contribution is -2.14. The van der Waals surface area contributed by atoms with Gasteiger partial charge in [-0.05, 0) is 37.1 Å². The van der Waals surface area contributed by atoms with Crippen LogP contribution >= 0.6 is 0 Å². The predicted molar refractivity (Wildman–Crippen MR) is 92.7 cm³/mol. The Labute approximate surface area is 150 Å². The van der Waals surface area contributed by atoms with Gasteiger partial charge in [0, 0.05) is 12.1 Å². The van der Waals surface area contributed by atoms with Gasteiger partial charge >= 0.3 is 16.1 Å². The lowest BCUT2D eigenvalue weighted by molar-refractivity contribution is -0.384. The number of rotatable bonds is 7. The van der Waals surface area contributed by atoms with Crippen LogP contribution in [0.15, 0.2) is 47.4 Å². The minimum Gasteiger partial charge on any atom is -0.462 e. The summed E-state index contributed by atoms with van der Waals surface area (Å²) in [6.07, 6.45) is 0.747. The van der Waals surface area contributed by atoms with Crippen LogP contribution in [-0.2, 0) is 21.3 Å². The fourth-order valence-corrected chi connectivity index (χ4v) is 3.08. The summed E-state index contributed by atoms with van der Waals surface area (Å²) in [4.78, 5) is 22.1. The van der Waals surface area contributed by atoms with Crippen LogP contribution in [0.5, 0.6) is 5.75 Å². The van der Waals surface area contributed by atoms with Gasteiger partial charge in [-0.15, -0.1) is 0 Å². The van der Waals surface area contributed by atoms with Crippen molar-refractivity contribution in [3.05, 3.63) is 63.7 Å². The molecule has 0 aromatic heterocycles. The Morgan fingerprint density at radius 3 is 2.31 bits per heavy atom. The molecule has 138 valence electrons. The molecule has 0 bridgehead atoms. The standard InChI is InChI=1S/C17H17NO7S/c1-3-12-5-8-14(9-6-12)26(22,23)25-16-10-7-13(18(20)21)11-15(16)17(19)24-4-2/h5-11H,3-4H2,1-2H3. The van der Waals surface area contributed by atoms with Crippen LogP contribution in [0, 0.1) is 10.1 Å². The molecule has 2 aromatic rings.